The van der Waals surface area contributed by atoms with E-state index in [2.05, 4.69) is 37.5 Å². The molecule has 3 rings (SSSR count). The number of hydrogen-bond acceptors (Lipinski definition) is 5. The fourth-order valence-corrected chi connectivity index (χ4v) is 4.21. The molecular weight excluding hydrogens is 442 g/mol. The number of halogens is 1. The van der Waals surface area contributed by atoms with Crippen molar-refractivity contribution in [3.63, 3.8) is 0 Å². The number of rotatable bonds is 9. The predicted molar refractivity (Wildman–Crippen MR) is 114 cm³/mol. The van der Waals surface area contributed by atoms with Crippen molar-refractivity contribution in [2.75, 3.05) is 31.6 Å². The van der Waals surface area contributed by atoms with Crippen LogP contribution in [0.4, 0.5) is 5.69 Å². The van der Waals surface area contributed by atoms with Crippen LogP contribution in [0.3, 0.4) is 0 Å². The highest BCUT2D eigenvalue weighted by molar-refractivity contribution is 9.10. The summed E-state index contributed by atoms with van der Waals surface area (Å²) in [5.41, 5.74) is 0.680. The van der Waals surface area contributed by atoms with E-state index in [9.17, 15) is 9.59 Å². The van der Waals surface area contributed by atoms with Crippen molar-refractivity contribution in [3.8, 4) is 0 Å². The molecule has 6 nitrogen and oxygen atoms in total. The first-order valence-corrected chi connectivity index (χ1v) is 10.9. The molecule has 150 valence electrons. The normalized spacial score (nSPS) is 16.3. The van der Waals surface area contributed by atoms with Gasteiger partial charge in [-0.25, -0.2) is 0 Å². The Morgan fingerprint density at radius 2 is 2.07 bits per heavy atom. The summed E-state index contributed by atoms with van der Waals surface area (Å²) >= 11 is 5.06. The summed E-state index contributed by atoms with van der Waals surface area (Å²) in [4.78, 5) is 27.8. The van der Waals surface area contributed by atoms with Gasteiger partial charge in [-0.05, 0) is 52.4 Å². The van der Waals surface area contributed by atoms with Crippen LogP contribution in [0.5, 0.6) is 0 Å². The van der Waals surface area contributed by atoms with E-state index in [-0.39, 0.29) is 31.0 Å². The van der Waals surface area contributed by atoms with Gasteiger partial charge >= 0.3 is 0 Å². The largest absolute Gasteiger partial charge is 0.377 e. The molecule has 0 bridgehead atoms. The highest BCUT2D eigenvalue weighted by atomic mass is 79.9. The Morgan fingerprint density at radius 3 is 2.79 bits per heavy atom. The molecule has 0 saturated carbocycles. The van der Waals surface area contributed by atoms with Gasteiger partial charge in [0.05, 0.1) is 24.9 Å². The molecule has 2 N–H and O–H groups in total. The zero-order valence-electron chi connectivity index (χ0n) is 15.5. The summed E-state index contributed by atoms with van der Waals surface area (Å²) in [6.07, 6.45) is 2.27. The van der Waals surface area contributed by atoms with Gasteiger partial charge in [-0.15, -0.1) is 11.3 Å². The van der Waals surface area contributed by atoms with Crippen LogP contribution in [-0.4, -0.2) is 49.1 Å². The summed E-state index contributed by atoms with van der Waals surface area (Å²) in [7, 11) is 0. The number of ether oxygens (including phenoxy) is 1. The van der Waals surface area contributed by atoms with Gasteiger partial charge < -0.3 is 15.4 Å². The van der Waals surface area contributed by atoms with E-state index in [1.807, 2.05) is 29.6 Å². The Bertz CT molecular complexity index is 779. The Morgan fingerprint density at radius 1 is 1.21 bits per heavy atom. The fourth-order valence-electron chi connectivity index (χ4n) is 3.08. The third-order valence-electron chi connectivity index (χ3n) is 4.41. The van der Waals surface area contributed by atoms with Crippen LogP contribution in [0, 0.1) is 0 Å². The lowest BCUT2D eigenvalue weighted by Crippen LogP contribution is -2.42. The third kappa shape index (κ3) is 6.70. The summed E-state index contributed by atoms with van der Waals surface area (Å²) in [6.45, 7) is 2.38. The molecule has 0 radical (unpaired) electrons. The third-order valence-corrected chi connectivity index (χ3v) is 5.96. The van der Waals surface area contributed by atoms with Crippen LogP contribution in [0.25, 0.3) is 0 Å². The molecule has 1 fully saturated rings. The van der Waals surface area contributed by atoms with Crippen molar-refractivity contribution in [1.82, 2.24) is 10.2 Å². The highest BCUT2D eigenvalue weighted by Gasteiger charge is 2.21. The zero-order valence-corrected chi connectivity index (χ0v) is 17.9. The standard InChI is InChI=1S/C20H24BrN3O3S/c21-17-7-1-2-8-18(17)23-19(25)11-22-20(26)14-24(12-15-5-3-9-27-15)13-16-6-4-10-28-16/h1-2,4,6-8,10,15H,3,5,9,11-14H2,(H,22,26)(H,23,25). The average molecular weight is 466 g/mol. The van der Waals surface area contributed by atoms with Crippen molar-refractivity contribution in [2.24, 2.45) is 0 Å². The second kappa shape index (κ2) is 10.7. The lowest BCUT2D eigenvalue weighted by Gasteiger charge is -2.24. The number of carbonyl (C=O) groups is 2. The summed E-state index contributed by atoms with van der Waals surface area (Å²) in [6, 6.07) is 11.4. The van der Waals surface area contributed by atoms with Crippen LogP contribution < -0.4 is 10.6 Å². The molecule has 1 aliphatic heterocycles. The number of amides is 2. The summed E-state index contributed by atoms with van der Waals surface area (Å²) < 4.78 is 6.52. The first kappa shape index (κ1) is 21.0. The van der Waals surface area contributed by atoms with Crippen molar-refractivity contribution in [1.29, 1.82) is 0 Å². The molecule has 2 amide bonds. The lowest BCUT2D eigenvalue weighted by atomic mass is 10.2. The van der Waals surface area contributed by atoms with E-state index in [0.717, 1.165) is 23.9 Å². The number of benzene rings is 1. The molecule has 1 unspecified atom stereocenters. The van der Waals surface area contributed by atoms with Crippen LogP contribution in [0.15, 0.2) is 46.3 Å². The summed E-state index contributed by atoms with van der Waals surface area (Å²) in [5.74, 6) is -0.430. The van der Waals surface area contributed by atoms with Gasteiger partial charge in [0.25, 0.3) is 0 Å². The first-order chi connectivity index (χ1) is 13.6. The Balaban J connectivity index is 1.48. The van der Waals surface area contributed by atoms with Crippen LogP contribution in [0.1, 0.15) is 17.7 Å². The van der Waals surface area contributed by atoms with Crippen molar-refractivity contribution in [3.05, 3.63) is 51.1 Å². The number of anilines is 1. The molecule has 28 heavy (non-hydrogen) atoms. The predicted octanol–water partition coefficient (Wildman–Crippen LogP) is 3.25. The van der Waals surface area contributed by atoms with E-state index < -0.39 is 0 Å². The topological polar surface area (TPSA) is 70.7 Å². The maximum absolute atomic E-state index is 12.4. The number of nitrogens with zero attached hydrogens (tertiary/aromatic N) is 1. The van der Waals surface area contributed by atoms with Gasteiger partial charge in [-0.1, -0.05) is 18.2 Å². The van der Waals surface area contributed by atoms with Crippen molar-refractivity contribution in [2.45, 2.75) is 25.5 Å². The molecule has 1 aromatic carbocycles. The highest BCUT2D eigenvalue weighted by Crippen LogP contribution is 2.21. The minimum absolute atomic E-state index is 0.0626. The Hall–Kier alpha value is -1.74. The van der Waals surface area contributed by atoms with E-state index >= 15 is 0 Å². The van der Waals surface area contributed by atoms with Gasteiger partial charge in [0.15, 0.2) is 0 Å². The van der Waals surface area contributed by atoms with E-state index in [0.29, 0.717) is 18.8 Å². The second-order valence-corrected chi connectivity index (χ2v) is 8.58. The number of hydrogen-bond donors (Lipinski definition) is 2. The fraction of sp³-hybridized carbons (Fsp3) is 0.400. The molecule has 1 atom stereocenters. The molecule has 2 heterocycles. The van der Waals surface area contributed by atoms with E-state index in [1.54, 1.807) is 17.4 Å². The average Bonchev–Trinajstić information content (AvgIpc) is 3.36. The minimum Gasteiger partial charge on any atom is -0.377 e. The molecule has 2 aromatic rings. The van der Waals surface area contributed by atoms with E-state index in [1.165, 1.54) is 4.88 Å². The van der Waals surface area contributed by atoms with Gasteiger partial charge in [-0.3, -0.25) is 14.5 Å². The molecular formula is C20H24BrN3O3S. The number of thiophene rings is 1. The molecule has 0 spiro atoms. The molecule has 8 heteroatoms. The molecule has 1 aromatic heterocycles. The monoisotopic (exact) mass is 465 g/mol. The Kier molecular flexibility index (Phi) is 8.02. The van der Waals surface area contributed by atoms with Crippen LogP contribution >= 0.6 is 27.3 Å². The molecule has 0 aliphatic carbocycles. The van der Waals surface area contributed by atoms with Crippen LogP contribution in [-0.2, 0) is 20.9 Å². The zero-order chi connectivity index (χ0) is 19.8. The van der Waals surface area contributed by atoms with Gasteiger partial charge in [-0.2, -0.15) is 0 Å². The van der Waals surface area contributed by atoms with Gasteiger partial charge in [0.1, 0.15) is 0 Å². The smallest absolute Gasteiger partial charge is 0.243 e. The Labute approximate surface area is 177 Å². The van der Waals surface area contributed by atoms with Crippen molar-refractivity contribution >= 4 is 44.8 Å². The quantitative estimate of drug-likeness (QED) is 0.596. The van der Waals surface area contributed by atoms with Gasteiger partial charge in [0, 0.05) is 29.0 Å². The maximum atomic E-state index is 12.4. The molecule has 1 aliphatic rings. The van der Waals surface area contributed by atoms with Crippen LogP contribution in [0.2, 0.25) is 0 Å². The lowest BCUT2D eigenvalue weighted by molar-refractivity contribution is -0.125. The second-order valence-electron chi connectivity index (χ2n) is 6.69. The van der Waals surface area contributed by atoms with Crippen molar-refractivity contribution < 1.29 is 14.3 Å². The van der Waals surface area contributed by atoms with E-state index in [4.69, 9.17) is 4.74 Å². The number of nitrogens with one attached hydrogen (secondary N) is 2. The number of para-hydroxylation sites is 1. The molecule has 1 saturated heterocycles. The minimum atomic E-state index is -0.260. The maximum Gasteiger partial charge on any atom is 0.243 e. The summed E-state index contributed by atoms with van der Waals surface area (Å²) in [5, 5.41) is 7.53. The van der Waals surface area contributed by atoms with Gasteiger partial charge in [0.2, 0.25) is 11.8 Å². The SMILES string of the molecule is O=C(CN(Cc1cccs1)CC1CCCO1)NCC(=O)Nc1ccccc1Br. The number of carbonyl (C=O) groups excluding carboxylic acids is 2. The first-order valence-electron chi connectivity index (χ1n) is 9.27.